The van der Waals surface area contributed by atoms with E-state index in [0.29, 0.717) is 16.9 Å². The molecule has 1 aromatic rings. The van der Waals surface area contributed by atoms with E-state index in [9.17, 15) is 0 Å². The number of fused-ring (bicyclic) bond motifs is 2. The van der Waals surface area contributed by atoms with Crippen LogP contribution in [0.4, 0.5) is 5.69 Å². The van der Waals surface area contributed by atoms with Crippen LogP contribution in [-0.2, 0) is 0 Å². The lowest BCUT2D eigenvalue weighted by Crippen LogP contribution is -2.46. The first kappa shape index (κ1) is 13.3. The molecule has 3 rings (SSSR count). The number of halogens is 1. The second kappa shape index (κ2) is 4.15. The molecule has 0 spiro atoms. The van der Waals surface area contributed by atoms with Gasteiger partial charge in [0.05, 0.1) is 10.7 Å². The molecule has 2 aliphatic rings. The highest BCUT2D eigenvalue weighted by molar-refractivity contribution is 6.33. The summed E-state index contributed by atoms with van der Waals surface area (Å²) in [5, 5.41) is 4.66. The summed E-state index contributed by atoms with van der Waals surface area (Å²) >= 11 is 6.39. The minimum Gasteiger partial charge on any atom is -0.380 e. The van der Waals surface area contributed by atoms with Gasteiger partial charge in [0.1, 0.15) is 0 Å². The van der Waals surface area contributed by atoms with E-state index in [-0.39, 0.29) is 0 Å². The van der Waals surface area contributed by atoms with Crippen molar-refractivity contribution in [2.45, 2.75) is 53.0 Å². The van der Waals surface area contributed by atoms with Crippen LogP contribution in [0.3, 0.4) is 0 Å². The van der Waals surface area contributed by atoms with E-state index in [1.807, 2.05) is 12.1 Å². The number of anilines is 1. The molecule has 0 aromatic heterocycles. The Hall–Kier alpha value is -0.690. The average Bonchev–Trinajstić information content (AvgIpc) is 2.78. The van der Waals surface area contributed by atoms with Crippen molar-refractivity contribution in [3.63, 3.8) is 0 Å². The van der Waals surface area contributed by atoms with E-state index in [2.05, 4.69) is 39.1 Å². The van der Waals surface area contributed by atoms with Crippen LogP contribution in [0.15, 0.2) is 18.2 Å². The molecule has 104 valence electrons. The minimum atomic E-state index is 0.360. The number of rotatable bonds is 2. The molecule has 1 nitrogen and oxygen atoms in total. The van der Waals surface area contributed by atoms with Crippen molar-refractivity contribution < 1.29 is 0 Å². The van der Waals surface area contributed by atoms with Crippen molar-refractivity contribution in [3.05, 3.63) is 28.8 Å². The summed E-state index contributed by atoms with van der Waals surface area (Å²) in [5.41, 5.74) is 3.17. The van der Waals surface area contributed by atoms with Gasteiger partial charge in [-0.3, -0.25) is 0 Å². The van der Waals surface area contributed by atoms with Crippen LogP contribution in [0.25, 0.3) is 0 Å². The molecule has 1 aromatic carbocycles. The standard InChI is InChI=1S/C17H24ClN/c1-11-6-5-7-13(18)14(11)19-15-16(2,3)12-8-9-17(15,4)10-12/h5-7,12,15,19H,8-10H2,1-4H3. The third-order valence-corrected chi connectivity index (χ3v) is 6.10. The van der Waals surface area contributed by atoms with Gasteiger partial charge < -0.3 is 5.32 Å². The fourth-order valence-electron chi connectivity index (χ4n) is 4.62. The van der Waals surface area contributed by atoms with Gasteiger partial charge in [-0.15, -0.1) is 0 Å². The van der Waals surface area contributed by atoms with Crippen molar-refractivity contribution in [2.75, 3.05) is 5.32 Å². The average molecular weight is 278 g/mol. The van der Waals surface area contributed by atoms with Crippen molar-refractivity contribution in [1.82, 2.24) is 0 Å². The Kier molecular flexibility index (Phi) is 2.91. The molecule has 2 bridgehead atoms. The molecule has 0 amide bonds. The Morgan fingerprint density at radius 2 is 2.00 bits per heavy atom. The Morgan fingerprint density at radius 1 is 1.26 bits per heavy atom. The van der Waals surface area contributed by atoms with E-state index < -0.39 is 0 Å². The molecule has 2 aliphatic carbocycles. The predicted molar refractivity (Wildman–Crippen MR) is 82.8 cm³/mol. The highest BCUT2D eigenvalue weighted by Crippen LogP contribution is 2.63. The molecule has 2 heteroatoms. The first-order chi connectivity index (χ1) is 8.84. The highest BCUT2D eigenvalue weighted by Gasteiger charge is 2.59. The molecule has 0 heterocycles. The third kappa shape index (κ3) is 1.89. The summed E-state index contributed by atoms with van der Waals surface area (Å²) in [5.74, 6) is 0.859. The van der Waals surface area contributed by atoms with Crippen LogP contribution in [0.1, 0.15) is 45.6 Å². The van der Waals surface area contributed by atoms with Gasteiger partial charge in [0, 0.05) is 6.04 Å². The van der Waals surface area contributed by atoms with Crippen LogP contribution in [0, 0.1) is 23.7 Å². The summed E-state index contributed by atoms with van der Waals surface area (Å²) < 4.78 is 0. The predicted octanol–water partition coefficient (Wildman–Crippen LogP) is 5.28. The van der Waals surface area contributed by atoms with Crippen molar-refractivity contribution in [3.8, 4) is 0 Å². The molecular weight excluding hydrogens is 254 g/mol. The number of hydrogen-bond donors (Lipinski definition) is 1. The summed E-state index contributed by atoms with van der Waals surface area (Å²) in [6.45, 7) is 9.43. The number of aryl methyl sites for hydroxylation is 1. The highest BCUT2D eigenvalue weighted by atomic mass is 35.5. The largest absolute Gasteiger partial charge is 0.380 e. The second-order valence-electron chi connectivity index (χ2n) is 7.42. The van der Waals surface area contributed by atoms with Gasteiger partial charge in [-0.2, -0.15) is 0 Å². The number of hydrogen-bond acceptors (Lipinski definition) is 1. The first-order valence-electron chi connectivity index (χ1n) is 7.36. The zero-order valence-corrected chi connectivity index (χ0v) is 13.1. The number of para-hydroxylation sites is 1. The zero-order chi connectivity index (χ0) is 13.8. The Morgan fingerprint density at radius 3 is 2.58 bits per heavy atom. The molecule has 2 saturated carbocycles. The maximum Gasteiger partial charge on any atom is 0.0640 e. The van der Waals surface area contributed by atoms with Crippen molar-refractivity contribution in [1.29, 1.82) is 0 Å². The molecule has 3 atom stereocenters. The van der Waals surface area contributed by atoms with E-state index in [1.165, 1.54) is 24.8 Å². The molecule has 3 unspecified atom stereocenters. The second-order valence-corrected chi connectivity index (χ2v) is 7.83. The molecule has 1 N–H and O–H groups in total. The normalized spacial score (nSPS) is 35.6. The topological polar surface area (TPSA) is 12.0 Å². The summed E-state index contributed by atoms with van der Waals surface area (Å²) in [6.07, 6.45) is 4.10. The SMILES string of the molecule is Cc1cccc(Cl)c1NC1C2(C)CCC(C2)C1(C)C. The molecule has 2 fully saturated rings. The van der Waals surface area contributed by atoms with Crippen molar-refractivity contribution >= 4 is 17.3 Å². The Labute approximate surface area is 121 Å². The van der Waals surface area contributed by atoms with Crippen LogP contribution < -0.4 is 5.32 Å². The maximum absolute atomic E-state index is 6.39. The monoisotopic (exact) mass is 277 g/mol. The van der Waals surface area contributed by atoms with Crippen LogP contribution >= 0.6 is 11.6 Å². The summed E-state index contributed by atoms with van der Waals surface area (Å²) in [4.78, 5) is 0. The molecule has 0 radical (unpaired) electrons. The Balaban J connectivity index is 1.95. The molecular formula is C17H24ClN. The maximum atomic E-state index is 6.39. The van der Waals surface area contributed by atoms with Gasteiger partial charge in [-0.25, -0.2) is 0 Å². The fraction of sp³-hybridized carbons (Fsp3) is 0.647. The summed E-state index contributed by atoms with van der Waals surface area (Å²) in [6, 6.07) is 6.67. The summed E-state index contributed by atoms with van der Waals surface area (Å²) in [7, 11) is 0. The van der Waals surface area contributed by atoms with Crippen molar-refractivity contribution in [2.24, 2.45) is 16.7 Å². The quantitative estimate of drug-likeness (QED) is 0.776. The molecule has 19 heavy (non-hydrogen) atoms. The first-order valence-corrected chi connectivity index (χ1v) is 7.74. The number of benzene rings is 1. The van der Waals surface area contributed by atoms with E-state index >= 15 is 0 Å². The van der Waals surface area contributed by atoms with Gasteiger partial charge in [-0.1, -0.05) is 44.5 Å². The lowest BCUT2D eigenvalue weighted by atomic mass is 9.68. The van der Waals surface area contributed by atoms with Crippen LogP contribution in [-0.4, -0.2) is 6.04 Å². The van der Waals surface area contributed by atoms with E-state index in [4.69, 9.17) is 11.6 Å². The van der Waals surface area contributed by atoms with Crippen LogP contribution in [0.2, 0.25) is 5.02 Å². The molecule has 0 aliphatic heterocycles. The Bertz CT molecular complexity index is 483. The van der Waals surface area contributed by atoms with Gasteiger partial charge >= 0.3 is 0 Å². The van der Waals surface area contributed by atoms with Gasteiger partial charge in [-0.05, 0) is 54.6 Å². The molecule has 0 saturated heterocycles. The fourth-order valence-corrected chi connectivity index (χ4v) is 4.90. The van der Waals surface area contributed by atoms with Gasteiger partial charge in [0.25, 0.3) is 0 Å². The van der Waals surface area contributed by atoms with Gasteiger partial charge in [0.2, 0.25) is 0 Å². The van der Waals surface area contributed by atoms with E-state index in [1.54, 1.807) is 0 Å². The van der Waals surface area contributed by atoms with Crippen LogP contribution in [0.5, 0.6) is 0 Å². The lowest BCUT2D eigenvalue weighted by molar-refractivity contribution is 0.155. The third-order valence-electron chi connectivity index (χ3n) is 5.78. The van der Waals surface area contributed by atoms with E-state index in [0.717, 1.165) is 16.6 Å². The lowest BCUT2D eigenvalue weighted by Gasteiger charge is -2.44. The minimum absolute atomic E-state index is 0.360. The number of nitrogens with one attached hydrogen (secondary N) is 1. The van der Waals surface area contributed by atoms with Gasteiger partial charge in [0.15, 0.2) is 0 Å². The smallest absolute Gasteiger partial charge is 0.0640 e. The zero-order valence-electron chi connectivity index (χ0n) is 12.4.